The van der Waals surface area contributed by atoms with E-state index in [1.165, 1.54) is 0 Å². The Labute approximate surface area is 72.7 Å². The fourth-order valence-corrected chi connectivity index (χ4v) is 1.63. The molecule has 0 saturated heterocycles. The molecule has 0 aromatic heterocycles. The summed E-state index contributed by atoms with van der Waals surface area (Å²) < 4.78 is 0. The summed E-state index contributed by atoms with van der Waals surface area (Å²) in [7, 11) is 1.90. The van der Waals surface area contributed by atoms with Crippen molar-refractivity contribution in [2.45, 2.75) is 19.9 Å². The van der Waals surface area contributed by atoms with E-state index in [9.17, 15) is 4.79 Å². The van der Waals surface area contributed by atoms with Crippen molar-refractivity contribution in [3.05, 3.63) is 0 Å². The second-order valence-electron chi connectivity index (χ2n) is 1.86. The fraction of sp³-hybridized carbons (Fsp3) is 0.750. The fourth-order valence-electron chi connectivity index (χ4n) is 0.281. The molecular weight excluding hydrogens is 190 g/mol. The van der Waals surface area contributed by atoms with Crippen LogP contribution in [0.2, 0.25) is 0 Å². The minimum absolute atomic E-state index is 0.180. The SMILES string of the molecule is CC(C)N(O)C(=O)SSS. The van der Waals surface area contributed by atoms with Crippen LogP contribution < -0.4 is 0 Å². The number of amides is 1. The number of thiol groups is 1. The lowest BCUT2D eigenvalue weighted by atomic mass is 10.4. The van der Waals surface area contributed by atoms with Gasteiger partial charge in [-0.3, -0.25) is 10.0 Å². The average Bonchev–Trinajstić information content (AvgIpc) is 1.87. The van der Waals surface area contributed by atoms with Crippen molar-refractivity contribution in [3.8, 4) is 0 Å². The highest BCUT2D eigenvalue weighted by molar-refractivity contribution is 9.08. The summed E-state index contributed by atoms with van der Waals surface area (Å²) in [6.45, 7) is 3.45. The standard InChI is InChI=1S/C4H9NO2S3/c1-3(2)5(7)4(6)9-10-8/h3,7-8H,1-2H3. The summed E-state index contributed by atoms with van der Waals surface area (Å²) >= 11 is 3.74. The van der Waals surface area contributed by atoms with Crippen molar-refractivity contribution in [3.63, 3.8) is 0 Å². The molecule has 0 aromatic carbocycles. The van der Waals surface area contributed by atoms with Crippen LogP contribution in [0.4, 0.5) is 4.79 Å². The van der Waals surface area contributed by atoms with E-state index in [-0.39, 0.29) is 6.04 Å². The predicted molar refractivity (Wildman–Crippen MR) is 48.3 cm³/mol. The molecule has 0 aliphatic carbocycles. The van der Waals surface area contributed by atoms with E-state index in [4.69, 9.17) is 5.21 Å². The third-order valence-electron chi connectivity index (χ3n) is 0.785. The van der Waals surface area contributed by atoms with Gasteiger partial charge in [-0.25, -0.2) is 5.06 Å². The molecule has 10 heavy (non-hydrogen) atoms. The van der Waals surface area contributed by atoms with Gasteiger partial charge in [0.15, 0.2) is 0 Å². The molecule has 1 N–H and O–H groups in total. The minimum Gasteiger partial charge on any atom is -0.285 e. The highest BCUT2D eigenvalue weighted by Gasteiger charge is 2.13. The Balaban J connectivity index is 3.71. The highest BCUT2D eigenvalue weighted by atomic mass is 33.5. The zero-order valence-corrected chi connectivity index (χ0v) is 8.17. The van der Waals surface area contributed by atoms with Crippen molar-refractivity contribution in [1.82, 2.24) is 5.06 Å². The molecule has 60 valence electrons. The van der Waals surface area contributed by atoms with E-state index < -0.39 is 5.24 Å². The lowest BCUT2D eigenvalue weighted by molar-refractivity contribution is -0.0565. The lowest BCUT2D eigenvalue weighted by Crippen LogP contribution is -2.29. The van der Waals surface area contributed by atoms with Gasteiger partial charge in [-0.2, -0.15) is 0 Å². The van der Waals surface area contributed by atoms with Crippen LogP contribution in [-0.2, 0) is 0 Å². The second-order valence-corrected chi connectivity index (χ2v) is 4.82. The molecule has 0 aliphatic rings. The van der Waals surface area contributed by atoms with Crippen LogP contribution in [0.3, 0.4) is 0 Å². The molecule has 0 atom stereocenters. The Morgan fingerprint density at radius 3 is 2.50 bits per heavy atom. The van der Waals surface area contributed by atoms with Gasteiger partial charge >= 0.3 is 5.24 Å². The molecule has 6 heteroatoms. The zero-order valence-electron chi connectivity index (χ0n) is 5.64. The third kappa shape index (κ3) is 3.60. The summed E-state index contributed by atoms with van der Waals surface area (Å²) in [6, 6.07) is -0.180. The van der Waals surface area contributed by atoms with Gasteiger partial charge in [-0.15, -0.1) is 0 Å². The van der Waals surface area contributed by atoms with Crippen LogP contribution in [0.1, 0.15) is 13.8 Å². The molecule has 0 aliphatic heterocycles. The van der Waals surface area contributed by atoms with E-state index in [1.807, 2.05) is 0 Å². The number of rotatable bonds is 2. The summed E-state index contributed by atoms with van der Waals surface area (Å²) in [5.74, 6) is 0. The number of hydrogen-bond acceptors (Lipinski definition) is 5. The number of hydrogen-bond donors (Lipinski definition) is 2. The molecule has 0 saturated carbocycles. The number of carbonyl (C=O) groups is 1. The van der Waals surface area contributed by atoms with Crippen molar-refractivity contribution < 1.29 is 10.0 Å². The number of hydroxylamine groups is 2. The van der Waals surface area contributed by atoms with E-state index in [0.717, 1.165) is 20.6 Å². The Hall–Kier alpha value is 0.480. The monoisotopic (exact) mass is 199 g/mol. The Kier molecular flexibility index (Phi) is 5.42. The van der Waals surface area contributed by atoms with Crippen LogP contribution in [0.5, 0.6) is 0 Å². The maximum Gasteiger partial charge on any atom is 0.316 e. The third-order valence-corrected chi connectivity index (χ3v) is 2.51. The van der Waals surface area contributed by atoms with Crippen molar-refractivity contribution in [2.24, 2.45) is 0 Å². The van der Waals surface area contributed by atoms with E-state index in [1.54, 1.807) is 13.8 Å². The van der Waals surface area contributed by atoms with E-state index in [0.29, 0.717) is 5.06 Å². The van der Waals surface area contributed by atoms with Gasteiger partial charge < -0.3 is 0 Å². The van der Waals surface area contributed by atoms with Gasteiger partial charge in [0.25, 0.3) is 0 Å². The molecule has 0 aromatic rings. The average molecular weight is 199 g/mol. The first-order chi connectivity index (χ1) is 4.59. The Bertz CT molecular complexity index is 119. The van der Waals surface area contributed by atoms with Crippen molar-refractivity contribution in [1.29, 1.82) is 0 Å². The minimum atomic E-state index is -0.394. The smallest absolute Gasteiger partial charge is 0.285 e. The second kappa shape index (κ2) is 5.17. The van der Waals surface area contributed by atoms with Gasteiger partial charge in [-0.05, 0) is 23.7 Å². The highest BCUT2D eigenvalue weighted by Crippen LogP contribution is 2.27. The van der Waals surface area contributed by atoms with Crippen molar-refractivity contribution >= 4 is 37.5 Å². The number of carbonyl (C=O) groups excluding carboxylic acids is 1. The lowest BCUT2D eigenvalue weighted by Gasteiger charge is -2.16. The molecule has 0 unspecified atom stereocenters. The predicted octanol–water partition coefficient (Wildman–Crippen LogP) is 2.43. The van der Waals surface area contributed by atoms with Crippen LogP contribution >= 0.6 is 32.3 Å². The van der Waals surface area contributed by atoms with Crippen LogP contribution in [0.15, 0.2) is 0 Å². The van der Waals surface area contributed by atoms with Crippen LogP contribution in [0, 0.1) is 0 Å². The molecule has 0 radical (unpaired) electrons. The molecule has 0 spiro atoms. The molecule has 0 fully saturated rings. The first-order valence-corrected chi connectivity index (χ1v) is 5.80. The van der Waals surface area contributed by atoms with E-state index >= 15 is 0 Å². The molecule has 1 amide bonds. The topological polar surface area (TPSA) is 40.5 Å². The summed E-state index contributed by atoms with van der Waals surface area (Å²) in [5, 5.41) is 9.22. The van der Waals surface area contributed by atoms with Gasteiger partial charge in [0.1, 0.15) is 0 Å². The normalized spacial score (nSPS) is 10.1. The maximum atomic E-state index is 10.8. The van der Waals surface area contributed by atoms with Gasteiger partial charge in [0, 0.05) is 10.8 Å². The van der Waals surface area contributed by atoms with Gasteiger partial charge in [0.05, 0.1) is 6.04 Å². The zero-order chi connectivity index (χ0) is 8.15. The van der Waals surface area contributed by atoms with Gasteiger partial charge in [-0.1, -0.05) is 11.7 Å². The Morgan fingerprint density at radius 2 is 2.20 bits per heavy atom. The molecule has 3 nitrogen and oxygen atoms in total. The van der Waals surface area contributed by atoms with Crippen LogP contribution in [-0.4, -0.2) is 21.6 Å². The summed E-state index contributed by atoms with van der Waals surface area (Å²) in [4.78, 5) is 10.8. The summed E-state index contributed by atoms with van der Waals surface area (Å²) in [6.07, 6.45) is 0. The molecule has 0 bridgehead atoms. The molecule has 0 heterocycles. The first-order valence-electron chi connectivity index (χ1n) is 2.59. The van der Waals surface area contributed by atoms with Crippen LogP contribution in [0.25, 0.3) is 0 Å². The Morgan fingerprint density at radius 1 is 1.70 bits per heavy atom. The number of nitrogens with zero attached hydrogens (tertiary/aromatic N) is 1. The maximum absolute atomic E-state index is 10.8. The molecule has 0 rings (SSSR count). The van der Waals surface area contributed by atoms with Crippen molar-refractivity contribution in [2.75, 3.05) is 0 Å². The largest absolute Gasteiger partial charge is 0.316 e. The first kappa shape index (κ1) is 10.5. The van der Waals surface area contributed by atoms with Gasteiger partial charge in [0.2, 0.25) is 0 Å². The summed E-state index contributed by atoms with van der Waals surface area (Å²) in [5.41, 5.74) is 0. The van der Waals surface area contributed by atoms with E-state index in [2.05, 4.69) is 11.7 Å². The quantitative estimate of drug-likeness (QED) is 0.310. The molecular formula is C4H9NO2S3.